The molecule has 1 amide bonds. The van der Waals surface area contributed by atoms with Crippen LogP contribution >= 0.6 is 0 Å². The van der Waals surface area contributed by atoms with E-state index in [0.29, 0.717) is 22.6 Å². The molecule has 100 valence electrons. The maximum absolute atomic E-state index is 11.0. The van der Waals surface area contributed by atoms with Crippen LogP contribution in [0.2, 0.25) is 0 Å². The second-order valence-corrected chi connectivity index (χ2v) is 4.19. The van der Waals surface area contributed by atoms with Gasteiger partial charge in [0.1, 0.15) is 17.4 Å². The van der Waals surface area contributed by atoms with E-state index in [4.69, 9.17) is 15.7 Å². The number of ether oxygens (including phenoxy) is 1. The lowest BCUT2D eigenvalue weighted by molar-refractivity contribution is 0.100. The number of hydrogen-bond acceptors (Lipinski definition) is 5. The van der Waals surface area contributed by atoms with Gasteiger partial charge in [-0.3, -0.25) is 4.79 Å². The van der Waals surface area contributed by atoms with Crippen molar-refractivity contribution in [2.45, 2.75) is 13.8 Å². The second kappa shape index (κ2) is 5.36. The Balaban J connectivity index is 2.33. The number of benzene rings is 1. The molecule has 0 bridgehead atoms. The number of nitrogens with two attached hydrogens (primary N) is 1. The Morgan fingerprint density at radius 3 is 2.45 bits per heavy atom. The predicted octanol–water partition coefficient (Wildman–Crippen LogP) is 1.86. The smallest absolute Gasteiger partial charge is 0.257 e. The van der Waals surface area contributed by atoms with Crippen LogP contribution in [0.25, 0.3) is 0 Å². The molecule has 0 radical (unpaired) electrons. The van der Waals surface area contributed by atoms with Crippen molar-refractivity contribution in [1.82, 2.24) is 10.2 Å². The van der Waals surface area contributed by atoms with Gasteiger partial charge in [-0.1, -0.05) is 0 Å². The Morgan fingerprint density at radius 1 is 1.25 bits per heavy atom. The van der Waals surface area contributed by atoms with Gasteiger partial charge < -0.3 is 10.5 Å². The van der Waals surface area contributed by atoms with Crippen LogP contribution in [0.1, 0.15) is 27.2 Å². The van der Waals surface area contributed by atoms with Crippen molar-refractivity contribution >= 4 is 5.91 Å². The van der Waals surface area contributed by atoms with E-state index in [-0.39, 0.29) is 5.88 Å². The molecule has 1 aromatic carbocycles. The van der Waals surface area contributed by atoms with E-state index in [2.05, 4.69) is 16.3 Å². The zero-order chi connectivity index (χ0) is 14.7. The van der Waals surface area contributed by atoms with Crippen molar-refractivity contribution in [1.29, 1.82) is 5.26 Å². The number of aryl methyl sites for hydroxylation is 1. The van der Waals surface area contributed by atoms with E-state index in [9.17, 15) is 4.79 Å². The third-order valence-corrected chi connectivity index (χ3v) is 2.89. The molecule has 2 rings (SSSR count). The quantitative estimate of drug-likeness (QED) is 0.915. The van der Waals surface area contributed by atoms with E-state index in [1.54, 1.807) is 26.0 Å². The number of carbonyl (C=O) groups is 1. The van der Waals surface area contributed by atoms with Gasteiger partial charge in [-0.25, -0.2) is 0 Å². The van der Waals surface area contributed by atoms with Crippen molar-refractivity contribution in [2.24, 2.45) is 5.73 Å². The molecule has 6 heteroatoms. The average molecular weight is 268 g/mol. The van der Waals surface area contributed by atoms with Gasteiger partial charge in [-0.15, -0.1) is 5.10 Å². The summed E-state index contributed by atoms with van der Waals surface area (Å²) < 4.78 is 5.52. The number of nitriles is 1. The minimum atomic E-state index is -0.514. The maximum Gasteiger partial charge on any atom is 0.257 e. The first kappa shape index (κ1) is 13.5. The Labute approximate surface area is 115 Å². The first-order valence-electron chi connectivity index (χ1n) is 5.84. The van der Waals surface area contributed by atoms with Crippen LogP contribution in [0, 0.1) is 25.2 Å². The lowest BCUT2D eigenvalue weighted by Gasteiger charge is -2.08. The normalized spacial score (nSPS) is 9.85. The third kappa shape index (κ3) is 2.57. The van der Waals surface area contributed by atoms with Crippen molar-refractivity contribution in [3.05, 3.63) is 46.6 Å². The highest BCUT2D eigenvalue weighted by molar-refractivity contribution is 5.92. The fourth-order valence-electron chi connectivity index (χ4n) is 1.59. The van der Waals surface area contributed by atoms with E-state index < -0.39 is 5.91 Å². The zero-order valence-electron chi connectivity index (χ0n) is 11.0. The van der Waals surface area contributed by atoms with Gasteiger partial charge in [0.15, 0.2) is 0 Å². The fourth-order valence-corrected chi connectivity index (χ4v) is 1.59. The molecule has 0 saturated carbocycles. The number of aromatic nitrogens is 2. The number of rotatable bonds is 3. The van der Waals surface area contributed by atoms with Gasteiger partial charge in [-0.05, 0) is 43.7 Å². The maximum atomic E-state index is 11.0. The number of amides is 1. The highest BCUT2D eigenvalue weighted by Crippen LogP contribution is 2.25. The van der Waals surface area contributed by atoms with Crippen LogP contribution in [0.15, 0.2) is 24.3 Å². The summed E-state index contributed by atoms with van der Waals surface area (Å²) in [6.07, 6.45) is 0. The van der Waals surface area contributed by atoms with Gasteiger partial charge in [0, 0.05) is 5.56 Å². The molecule has 0 aliphatic carbocycles. The fraction of sp³-hybridized carbons (Fsp3) is 0.143. The first-order valence-corrected chi connectivity index (χ1v) is 5.84. The largest absolute Gasteiger partial charge is 0.437 e. The number of nitrogens with zero attached hydrogens (tertiary/aromatic N) is 3. The number of carbonyl (C=O) groups excluding carboxylic acids is 1. The molecular weight excluding hydrogens is 256 g/mol. The van der Waals surface area contributed by atoms with Crippen molar-refractivity contribution < 1.29 is 9.53 Å². The molecule has 2 aromatic rings. The van der Waals surface area contributed by atoms with Crippen molar-refractivity contribution in [3.8, 4) is 17.7 Å². The number of primary amides is 1. The molecule has 6 nitrogen and oxygen atoms in total. The Hall–Kier alpha value is -2.94. The summed E-state index contributed by atoms with van der Waals surface area (Å²) in [5.41, 5.74) is 7.28. The van der Waals surface area contributed by atoms with Gasteiger partial charge >= 0.3 is 0 Å². The van der Waals surface area contributed by atoms with Gasteiger partial charge in [-0.2, -0.15) is 10.4 Å². The minimum absolute atomic E-state index is 0.141. The predicted molar refractivity (Wildman–Crippen MR) is 71.3 cm³/mol. The zero-order valence-corrected chi connectivity index (χ0v) is 11.0. The van der Waals surface area contributed by atoms with Crippen molar-refractivity contribution in [2.75, 3.05) is 0 Å². The Morgan fingerprint density at radius 2 is 1.90 bits per heavy atom. The van der Waals surface area contributed by atoms with Crippen LogP contribution < -0.4 is 10.5 Å². The standard InChI is InChI=1S/C14H12N4O2/c1-8-9(2)17-18-14(12(8)7-15)20-11-5-3-10(4-6-11)13(16)19/h3-6H,1-2H3,(H2,16,19). The first-order chi connectivity index (χ1) is 9.52. The summed E-state index contributed by atoms with van der Waals surface area (Å²) in [7, 11) is 0. The lowest BCUT2D eigenvalue weighted by Crippen LogP contribution is -2.10. The summed E-state index contributed by atoms with van der Waals surface area (Å²) in [5, 5.41) is 17.0. The molecule has 1 aromatic heterocycles. The Bertz CT molecular complexity index is 702. The van der Waals surface area contributed by atoms with Crippen LogP contribution in [-0.2, 0) is 0 Å². The molecule has 0 fully saturated rings. The topological polar surface area (TPSA) is 102 Å². The van der Waals surface area contributed by atoms with Gasteiger partial charge in [0.2, 0.25) is 5.91 Å². The average Bonchev–Trinajstić information content (AvgIpc) is 2.44. The van der Waals surface area contributed by atoms with Crippen LogP contribution in [0.4, 0.5) is 0 Å². The van der Waals surface area contributed by atoms with Crippen LogP contribution in [0.5, 0.6) is 11.6 Å². The van der Waals surface area contributed by atoms with Gasteiger partial charge in [0.05, 0.1) is 5.69 Å². The summed E-state index contributed by atoms with van der Waals surface area (Å²) in [4.78, 5) is 11.0. The molecule has 0 aliphatic heterocycles. The molecule has 0 spiro atoms. The summed E-state index contributed by atoms with van der Waals surface area (Å²) in [5.74, 6) is 0.0757. The van der Waals surface area contributed by atoms with Gasteiger partial charge in [0.25, 0.3) is 5.88 Å². The molecule has 0 aliphatic rings. The molecule has 0 unspecified atom stereocenters. The molecule has 0 saturated heterocycles. The Kier molecular flexibility index (Phi) is 3.62. The molecule has 1 heterocycles. The lowest BCUT2D eigenvalue weighted by atomic mass is 10.1. The van der Waals surface area contributed by atoms with E-state index in [1.807, 2.05) is 0 Å². The summed E-state index contributed by atoms with van der Waals surface area (Å²) in [6, 6.07) is 8.30. The SMILES string of the molecule is Cc1nnc(Oc2ccc(C(N)=O)cc2)c(C#N)c1C. The minimum Gasteiger partial charge on any atom is -0.437 e. The summed E-state index contributed by atoms with van der Waals surface area (Å²) in [6.45, 7) is 3.56. The highest BCUT2D eigenvalue weighted by atomic mass is 16.5. The highest BCUT2D eigenvalue weighted by Gasteiger charge is 2.13. The van der Waals surface area contributed by atoms with E-state index in [1.165, 1.54) is 12.1 Å². The molecular formula is C14H12N4O2. The summed E-state index contributed by atoms with van der Waals surface area (Å²) >= 11 is 0. The van der Waals surface area contributed by atoms with E-state index >= 15 is 0 Å². The molecule has 2 N–H and O–H groups in total. The molecule has 0 atom stereocenters. The van der Waals surface area contributed by atoms with Crippen LogP contribution in [0.3, 0.4) is 0 Å². The molecule has 20 heavy (non-hydrogen) atoms. The van der Waals surface area contributed by atoms with E-state index in [0.717, 1.165) is 5.56 Å². The van der Waals surface area contributed by atoms with Crippen LogP contribution in [-0.4, -0.2) is 16.1 Å². The third-order valence-electron chi connectivity index (χ3n) is 2.89. The number of hydrogen-bond donors (Lipinski definition) is 1. The second-order valence-electron chi connectivity index (χ2n) is 4.19. The monoisotopic (exact) mass is 268 g/mol. The van der Waals surface area contributed by atoms with Crippen molar-refractivity contribution in [3.63, 3.8) is 0 Å².